The van der Waals surface area contributed by atoms with E-state index in [2.05, 4.69) is 17.9 Å². The smallest absolute Gasteiger partial charge is 0.330 e. The van der Waals surface area contributed by atoms with E-state index < -0.39 is 11.9 Å². The van der Waals surface area contributed by atoms with E-state index in [1.54, 1.807) is 7.11 Å². The Balaban J connectivity index is 0. The molecule has 152 valence electrons. The van der Waals surface area contributed by atoms with Gasteiger partial charge in [-0.05, 0) is 0 Å². The maximum absolute atomic E-state index is 10.7. The first-order valence-electron chi connectivity index (χ1n) is 8.03. The number of carbonyl (C=O) groups is 2. The number of hydrogen-bond donors (Lipinski definition) is 1. The molecule has 0 bridgehead atoms. The Bertz CT molecular complexity index is 358. The Labute approximate surface area is 154 Å². The van der Waals surface area contributed by atoms with Gasteiger partial charge >= 0.3 is 11.9 Å². The number of ether oxygens (including phenoxy) is 6. The molecule has 1 N–H and O–H groups in total. The number of carbonyl (C=O) groups excluding carboxylic acids is 2. The molecule has 9 heteroatoms. The van der Waals surface area contributed by atoms with Crippen LogP contribution in [-0.4, -0.2) is 90.2 Å². The topological polar surface area (TPSA) is 110 Å². The summed E-state index contributed by atoms with van der Waals surface area (Å²) in [7, 11) is 1.63. The summed E-state index contributed by atoms with van der Waals surface area (Å²) < 4.78 is 29.5. The highest BCUT2D eigenvalue weighted by atomic mass is 16.6. The van der Waals surface area contributed by atoms with Gasteiger partial charge in [-0.15, -0.1) is 0 Å². The molecular weight excluding hydrogens is 348 g/mol. The van der Waals surface area contributed by atoms with Crippen molar-refractivity contribution < 1.29 is 43.1 Å². The highest BCUT2D eigenvalue weighted by Crippen LogP contribution is 1.84. The zero-order chi connectivity index (χ0) is 19.9. The van der Waals surface area contributed by atoms with Crippen molar-refractivity contribution in [2.24, 2.45) is 0 Å². The van der Waals surface area contributed by atoms with Gasteiger partial charge in [0.15, 0.2) is 0 Å². The van der Waals surface area contributed by atoms with E-state index in [1.165, 1.54) is 0 Å². The molecule has 0 atom stereocenters. The van der Waals surface area contributed by atoms with Gasteiger partial charge in [0.25, 0.3) is 0 Å². The molecule has 9 nitrogen and oxygen atoms in total. The van der Waals surface area contributed by atoms with Crippen LogP contribution in [0, 0.1) is 0 Å². The van der Waals surface area contributed by atoms with Crippen molar-refractivity contribution >= 4 is 11.9 Å². The molecule has 0 saturated carbocycles. The lowest BCUT2D eigenvalue weighted by Crippen LogP contribution is -2.13. The van der Waals surface area contributed by atoms with E-state index in [0.717, 1.165) is 12.2 Å². The van der Waals surface area contributed by atoms with Crippen LogP contribution >= 0.6 is 0 Å². The summed E-state index contributed by atoms with van der Waals surface area (Å²) in [6.45, 7) is 10.1. The van der Waals surface area contributed by atoms with Crippen LogP contribution in [0.1, 0.15) is 0 Å². The van der Waals surface area contributed by atoms with Crippen LogP contribution < -0.4 is 0 Å². The predicted molar refractivity (Wildman–Crippen MR) is 93.7 cm³/mol. The Morgan fingerprint density at radius 2 is 1.12 bits per heavy atom. The average molecular weight is 378 g/mol. The highest BCUT2D eigenvalue weighted by molar-refractivity contribution is 5.81. The van der Waals surface area contributed by atoms with Crippen LogP contribution in [0.5, 0.6) is 0 Å². The summed E-state index contributed by atoms with van der Waals surface area (Å²) in [6.07, 6.45) is 2.17. The van der Waals surface area contributed by atoms with Gasteiger partial charge in [0, 0.05) is 19.3 Å². The lowest BCUT2D eigenvalue weighted by molar-refractivity contribution is -0.140. The minimum absolute atomic E-state index is 0.0465. The summed E-state index contributed by atoms with van der Waals surface area (Å²) in [5.41, 5.74) is 0. The number of methoxy groups -OCH3 is 1. The largest absolute Gasteiger partial charge is 0.460 e. The van der Waals surface area contributed by atoms with Gasteiger partial charge in [-0.25, -0.2) is 9.59 Å². The quantitative estimate of drug-likeness (QED) is 0.227. The Kier molecular flexibility index (Phi) is 23.6. The van der Waals surface area contributed by atoms with Gasteiger partial charge in [-0.1, -0.05) is 13.2 Å². The first kappa shape index (κ1) is 26.4. The van der Waals surface area contributed by atoms with Crippen LogP contribution in [0.15, 0.2) is 25.3 Å². The fourth-order valence-corrected chi connectivity index (χ4v) is 1.15. The van der Waals surface area contributed by atoms with Crippen LogP contribution in [0.25, 0.3) is 0 Å². The van der Waals surface area contributed by atoms with Crippen molar-refractivity contribution in [2.45, 2.75) is 0 Å². The summed E-state index contributed by atoms with van der Waals surface area (Å²) >= 11 is 0. The fraction of sp³-hybridized carbons (Fsp3) is 0.647. The average Bonchev–Trinajstić information content (AvgIpc) is 2.67. The molecule has 0 aliphatic rings. The van der Waals surface area contributed by atoms with E-state index >= 15 is 0 Å². The number of aliphatic hydroxyl groups excluding tert-OH is 1. The summed E-state index contributed by atoms with van der Waals surface area (Å²) in [4.78, 5) is 20.8. The molecule has 0 aromatic rings. The summed E-state index contributed by atoms with van der Waals surface area (Å²) in [6, 6.07) is 0. The number of aliphatic hydroxyl groups is 1. The lowest BCUT2D eigenvalue weighted by atomic mass is 10.6. The monoisotopic (exact) mass is 378 g/mol. The maximum atomic E-state index is 10.7. The van der Waals surface area contributed by atoms with Crippen LogP contribution in [0.2, 0.25) is 0 Å². The highest BCUT2D eigenvalue weighted by Gasteiger charge is 1.95. The molecule has 0 saturated heterocycles. The standard InChI is InChI=1S/C12H22O6.C5H8O3/c1-3-12(13)18-11-10-17-9-8-16-7-6-15-5-4-14-2;1-2-5(7)8-4-3-6/h3H,1,4-11H2,2H3;2,6H,1,3-4H2. The molecule has 0 radical (unpaired) electrons. The minimum Gasteiger partial charge on any atom is -0.460 e. The van der Waals surface area contributed by atoms with Crippen LogP contribution in [-0.2, 0) is 38.0 Å². The third kappa shape index (κ3) is 24.5. The Hall–Kier alpha value is -1.78. The second kappa shape index (κ2) is 23.2. The molecule has 26 heavy (non-hydrogen) atoms. The minimum atomic E-state index is -0.501. The third-order valence-electron chi connectivity index (χ3n) is 2.32. The van der Waals surface area contributed by atoms with Crippen molar-refractivity contribution in [3.05, 3.63) is 25.3 Å². The maximum Gasteiger partial charge on any atom is 0.330 e. The second-order valence-corrected chi connectivity index (χ2v) is 4.30. The lowest BCUT2D eigenvalue weighted by Gasteiger charge is -2.06. The van der Waals surface area contributed by atoms with Crippen molar-refractivity contribution in [1.29, 1.82) is 0 Å². The van der Waals surface area contributed by atoms with Gasteiger partial charge in [0.1, 0.15) is 13.2 Å². The third-order valence-corrected chi connectivity index (χ3v) is 2.32. The molecule has 0 unspecified atom stereocenters. The number of esters is 2. The van der Waals surface area contributed by atoms with E-state index in [0.29, 0.717) is 46.2 Å². The van der Waals surface area contributed by atoms with Gasteiger partial charge in [-0.3, -0.25) is 0 Å². The fourth-order valence-electron chi connectivity index (χ4n) is 1.15. The van der Waals surface area contributed by atoms with Crippen molar-refractivity contribution in [1.82, 2.24) is 0 Å². The first-order valence-corrected chi connectivity index (χ1v) is 8.03. The molecule has 0 spiro atoms. The molecule has 0 aromatic carbocycles. The second-order valence-electron chi connectivity index (χ2n) is 4.30. The summed E-state index contributed by atoms with van der Waals surface area (Å²) in [5.74, 6) is -0.942. The van der Waals surface area contributed by atoms with E-state index in [1.807, 2.05) is 0 Å². The molecule has 0 rings (SSSR count). The van der Waals surface area contributed by atoms with Gasteiger partial charge < -0.3 is 33.5 Å². The predicted octanol–water partition coefficient (Wildman–Crippen LogP) is 0.120. The SMILES string of the molecule is C=CC(=O)OCCO.C=CC(=O)OCCOCCOCCOCCOC. The van der Waals surface area contributed by atoms with E-state index in [9.17, 15) is 9.59 Å². The van der Waals surface area contributed by atoms with Gasteiger partial charge in [0.05, 0.1) is 52.9 Å². The Morgan fingerprint density at radius 3 is 1.50 bits per heavy atom. The normalized spacial score (nSPS) is 9.62. The van der Waals surface area contributed by atoms with Crippen LogP contribution in [0.4, 0.5) is 0 Å². The zero-order valence-electron chi connectivity index (χ0n) is 15.4. The zero-order valence-corrected chi connectivity index (χ0v) is 15.4. The molecule has 0 fully saturated rings. The van der Waals surface area contributed by atoms with E-state index in [4.69, 9.17) is 28.8 Å². The van der Waals surface area contributed by atoms with Crippen molar-refractivity contribution in [2.75, 3.05) is 73.2 Å². The molecular formula is C17H30O9. The van der Waals surface area contributed by atoms with Crippen molar-refractivity contribution in [3.8, 4) is 0 Å². The molecule has 0 heterocycles. The van der Waals surface area contributed by atoms with E-state index in [-0.39, 0.29) is 19.8 Å². The molecule has 0 aliphatic heterocycles. The molecule has 0 aliphatic carbocycles. The number of hydrogen-bond acceptors (Lipinski definition) is 9. The summed E-state index contributed by atoms with van der Waals surface area (Å²) in [5, 5.41) is 8.10. The van der Waals surface area contributed by atoms with Gasteiger partial charge in [0.2, 0.25) is 0 Å². The first-order chi connectivity index (χ1) is 12.6. The van der Waals surface area contributed by atoms with Crippen LogP contribution in [0.3, 0.4) is 0 Å². The Morgan fingerprint density at radius 1 is 0.731 bits per heavy atom. The molecule has 0 aromatic heterocycles. The van der Waals surface area contributed by atoms with Gasteiger partial charge in [-0.2, -0.15) is 0 Å². The molecule has 0 amide bonds. The van der Waals surface area contributed by atoms with Crippen molar-refractivity contribution in [3.63, 3.8) is 0 Å². The number of rotatable bonds is 16.